The van der Waals surface area contributed by atoms with Gasteiger partial charge in [0, 0.05) is 36.8 Å². The average molecular weight is 478 g/mol. The third-order valence-corrected chi connectivity index (χ3v) is 6.35. The first-order valence-corrected chi connectivity index (χ1v) is 12.1. The molecule has 5 rings (SSSR count). The summed E-state index contributed by atoms with van der Waals surface area (Å²) in [5.74, 6) is 2.65. The first-order valence-electron chi connectivity index (χ1n) is 11.8. The molecule has 2 aromatic carbocycles. The van der Waals surface area contributed by atoms with Crippen molar-refractivity contribution in [3.8, 4) is 5.75 Å². The lowest BCUT2D eigenvalue weighted by atomic mass is 10.2. The molecule has 0 spiro atoms. The molecule has 0 amide bonds. The molecule has 0 unspecified atom stereocenters. The monoisotopic (exact) mass is 477 g/mol. The molecule has 2 fully saturated rings. The minimum Gasteiger partial charge on any atom is -0.489 e. The number of aromatic nitrogens is 3. The summed E-state index contributed by atoms with van der Waals surface area (Å²) in [5.41, 5.74) is 4.85. The predicted octanol–water partition coefficient (Wildman–Crippen LogP) is 4.75. The SMILES string of the molecule is Clc1ccccc1COc1cccc(C=NNc2nc(N3CCCC3)nc(N3CCCC3)n2)c1. The number of hydrazone groups is 1. The number of halogens is 1. The molecule has 176 valence electrons. The second-order valence-corrected chi connectivity index (χ2v) is 8.88. The van der Waals surface area contributed by atoms with Gasteiger partial charge in [-0.1, -0.05) is 41.9 Å². The fourth-order valence-electron chi connectivity index (χ4n) is 4.15. The molecule has 3 aromatic rings. The molecule has 0 aliphatic carbocycles. The summed E-state index contributed by atoms with van der Waals surface area (Å²) < 4.78 is 5.91. The Morgan fingerprint density at radius 1 is 0.882 bits per heavy atom. The van der Waals surface area contributed by atoms with Crippen LogP contribution in [-0.4, -0.2) is 47.3 Å². The van der Waals surface area contributed by atoms with Crippen LogP contribution in [0.2, 0.25) is 5.02 Å². The molecule has 1 N–H and O–H groups in total. The quantitative estimate of drug-likeness (QED) is 0.370. The van der Waals surface area contributed by atoms with E-state index in [0.29, 0.717) is 17.6 Å². The second kappa shape index (κ2) is 10.7. The third kappa shape index (κ3) is 5.56. The average Bonchev–Trinajstić information content (AvgIpc) is 3.59. The molecule has 34 heavy (non-hydrogen) atoms. The minimum atomic E-state index is 0.405. The fourth-order valence-corrected chi connectivity index (χ4v) is 4.34. The first-order chi connectivity index (χ1) is 16.7. The molecule has 0 bridgehead atoms. The van der Waals surface area contributed by atoms with Gasteiger partial charge in [0.25, 0.3) is 0 Å². The Kier molecular flexibility index (Phi) is 7.05. The van der Waals surface area contributed by atoms with Crippen LogP contribution in [0.3, 0.4) is 0 Å². The van der Waals surface area contributed by atoms with Crippen LogP contribution in [0, 0.1) is 0 Å². The molecule has 0 radical (unpaired) electrons. The summed E-state index contributed by atoms with van der Waals surface area (Å²) in [5, 5.41) is 5.08. The zero-order chi connectivity index (χ0) is 23.2. The Balaban J connectivity index is 1.27. The van der Waals surface area contributed by atoms with E-state index in [9.17, 15) is 0 Å². The van der Waals surface area contributed by atoms with E-state index in [4.69, 9.17) is 21.3 Å². The van der Waals surface area contributed by atoms with E-state index in [-0.39, 0.29) is 0 Å². The number of hydrogen-bond donors (Lipinski definition) is 1. The Labute approximate surface area is 204 Å². The van der Waals surface area contributed by atoms with Crippen molar-refractivity contribution in [3.05, 3.63) is 64.7 Å². The van der Waals surface area contributed by atoms with E-state index < -0.39 is 0 Å². The van der Waals surface area contributed by atoms with E-state index >= 15 is 0 Å². The van der Waals surface area contributed by atoms with Crippen molar-refractivity contribution in [3.63, 3.8) is 0 Å². The van der Waals surface area contributed by atoms with Crippen molar-refractivity contribution in [1.82, 2.24) is 15.0 Å². The Morgan fingerprint density at radius 3 is 2.24 bits per heavy atom. The van der Waals surface area contributed by atoms with E-state index in [2.05, 4.69) is 30.3 Å². The normalized spacial score (nSPS) is 15.9. The van der Waals surface area contributed by atoms with Gasteiger partial charge in [-0.2, -0.15) is 20.1 Å². The third-order valence-electron chi connectivity index (χ3n) is 5.98. The summed E-state index contributed by atoms with van der Waals surface area (Å²) in [7, 11) is 0. The Morgan fingerprint density at radius 2 is 1.56 bits per heavy atom. The Bertz CT molecular complexity index is 1110. The van der Waals surface area contributed by atoms with Crippen molar-refractivity contribution >= 4 is 35.7 Å². The van der Waals surface area contributed by atoms with Crippen LogP contribution in [0.25, 0.3) is 0 Å². The largest absolute Gasteiger partial charge is 0.489 e. The van der Waals surface area contributed by atoms with E-state index in [1.807, 2.05) is 48.5 Å². The number of rotatable bonds is 8. The van der Waals surface area contributed by atoms with Crippen LogP contribution in [0.1, 0.15) is 36.8 Å². The maximum Gasteiger partial charge on any atom is 0.250 e. The van der Waals surface area contributed by atoms with Crippen LogP contribution >= 0.6 is 11.6 Å². The van der Waals surface area contributed by atoms with Crippen molar-refractivity contribution in [1.29, 1.82) is 0 Å². The van der Waals surface area contributed by atoms with Gasteiger partial charge >= 0.3 is 0 Å². The van der Waals surface area contributed by atoms with E-state index in [1.165, 1.54) is 25.7 Å². The summed E-state index contributed by atoms with van der Waals surface area (Å²) >= 11 is 6.22. The van der Waals surface area contributed by atoms with Crippen LogP contribution in [0.5, 0.6) is 5.75 Å². The number of nitrogens with one attached hydrogen (secondary N) is 1. The van der Waals surface area contributed by atoms with Gasteiger partial charge in [-0.3, -0.25) is 0 Å². The molecule has 2 aliphatic heterocycles. The van der Waals surface area contributed by atoms with Gasteiger partial charge in [0.15, 0.2) is 0 Å². The van der Waals surface area contributed by atoms with Gasteiger partial charge in [-0.25, -0.2) is 5.43 Å². The maximum atomic E-state index is 6.22. The van der Waals surface area contributed by atoms with E-state index in [0.717, 1.165) is 55.0 Å². The van der Waals surface area contributed by atoms with Crippen molar-refractivity contribution < 1.29 is 4.74 Å². The van der Waals surface area contributed by atoms with Gasteiger partial charge in [-0.05, 0) is 49.4 Å². The molecule has 1 aromatic heterocycles. The minimum absolute atomic E-state index is 0.405. The highest BCUT2D eigenvalue weighted by atomic mass is 35.5. The van der Waals surface area contributed by atoms with Crippen LogP contribution in [0.15, 0.2) is 53.6 Å². The Hall–Kier alpha value is -3.39. The lowest BCUT2D eigenvalue weighted by Crippen LogP contribution is -2.25. The van der Waals surface area contributed by atoms with Crippen LogP contribution in [-0.2, 0) is 6.61 Å². The zero-order valence-corrected chi connectivity index (χ0v) is 19.8. The summed E-state index contributed by atoms with van der Waals surface area (Å²) in [6.45, 7) is 4.32. The number of ether oxygens (including phenoxy) is 1. The van der Waals surface area contributed by atoms with E-state index in [1.54, 1.807) is 6.21 Å². The van der Waals surface area contributed by atoms with Gasteiger partial charge < -0.3 is 14.5 Å². The molecule has 0 saturated carbocycles. The molecular formula is C25H28ClN7O. The number of anilines is 3. The second-order valence-electron chi connectivity index (χ2n) is 8.47. The molecule has 2 aliphatic rings. The van der Waals surface area contributed by atoms with Crippen LogP contribution in [0.4, 0.5) is 17.8 Å². The van der Waals surface area contributed by atoms with Crippen LogP contribution < -0.4 is 20.0 Å². The highest BCUT2D eigenvalue weighted by Gasteiger charge is 2.21. The molecule has 8 nitrogen and oxygen atoms in total. The van der Waals surface area contributed by atoms with Crippen molar-refractivity contribution in [2.75, 3.05) is 41.4 Å². The number of nitrogens with zero attached hydrogens (tertiary/aromatic N) is 6. The molecule has 9 heteroatoms. The molecular weight excluding hydrogens is 450 g/mol. The smallest absolute Gasteiger partial charge is 0.250 e. The molecule has 3 heterocycles. The van der Waals surface area contributed by atoms with Crippen molar-refractivity contribution in [2.24, 2.45) is 5.10 Å². The zero-order valence-electron chi connectivity index (χ0n) is 19.0. The predicted molar refractivity (Wildman–Crippen MR) is 136 cm³/mol. The fraction of sp³-hybridized carbons (Fsp3) is 0.360. The highest BCUT2D eigenvalue weighted by molar-refractivity contribution is 6.31. The van der Waals surface area contributed by atoms with Gasteiger partial charge in [0.05, 0.1) is 6.21 Å². The van der Waals surface area contributed by atoms with Gasteiger partial charge in [0.1, 0.15) is 12.4 Å². The number of benzene rings is 2. The van der Waals surface area contributed by atoms with Gasteiger partial charge in [-0.15, -0.1) is 0 Å². The van der Waals surface area contributed by atoms with Crippen molar-refractivity contribution in [2.45, 2.75) is 32.3 Å². The first kappa shape index (κ1) is 22.4. The molecule has 2 saturated heterocycles. The topological polar surface area (TPSA) is 78.8 Å². The molecule has 0 atom stereocenters. The van der Waals surface area contributed by atoms with Gasteiger partial charge in [0.2, 0.25) is 17.8 Å². The number of hydrogen-bond acceptors (Lipinski definition) is 8. The summed E-state index contributed by atoms with van der Waals surface area (Å²) in [6.07, 6.45) is 6.40. The lowest BCUT2D eigenvalue weighted by Gasteiger charge is -2.20. The standard InChI is InChI=1S/C25H28ClN7O/c26-22-11-2-1-9-20(22)18-34-21-10-7-8-19(16-21)17-27-31-23-28-24(32-12-3-4-13-32)30-25(29-23)33-14-5-6-15-33/h1-2,7-11,16-17H,3-6,12-15,18H2,(H,28,29,30,31). The highest BCUT2D eigenvalue weighted by Crippen LogP contribution is 2.23. The summed E-state index contributed by atoms with van der Waals surface area (Å²) in [4.78, 5) is 18.4. The maximum absolute atomic E-state index is 6.22. The summed E-state index contributed by atoms with van der Waals surface area (Å²) in [6, 6.07) is 15.4. The lowest BCUT2D eigenvalue weighted by molar-refractivity contribution is 0.306.